The number of phenolic OH excluding ortho intramolecular Hbond substituents is 1. The van der Waals surface area contributed by atoms with Crippen LogP contribution in [0, 0.1) is 5.92 Å². The van der Waals surface area contributed by atoms with Crippen LogP contribution in [-0.4, -0.2) is 48.1 Å². The van der Waals surface area contributed by atoms with Gasteiger partial charge >= 0.3 is 0 Å². The minimum absolute atomic E-state index is 0.0764. The molecule has 7 nitrogen and oxygen atoms in total. The summed E-state index contributed by atoms with van der Waals surface area (Å²) >= 11 is 0. The number of hydrogen-bond donors (Lipinski definition) is 2. The zero-order valence-corrected chi connectivity index (χ0v) is 16.6. The van der Waals surface area contributed by atoms with E-state index in [2.05, 4.69) is 32.4 Å². The van der Waals surface area contributed by atoms with Crippen LogP contribution >= 0.6 is 0 Å². The minimum atomic E-state index is -1.02. The molecule has 154 valence electrons. The van der Waals surface area contributed by atoms with Crippen LogP contribution in [0.2, 0.25) is 0 Å². The molecule has 1 aromatic carbocycles. The van der Waals surface area contributed by atoms with Gasteiger partial charge in [0.15, 0.2) is 5.82 Å². The number of imidazole rings is 1. The lowest BCUT2D eigenvalue weighted by atomic mass is 9.78. The lowest BCUT2D eigenvalue weighted by molar-refractivity contribution is 0.147. The van der Waals surface area contributed by atoms with Gasteiger partial charge < -0.3 is 15.0 Å². The summed E-state index contributed by atoms with van der Waals surface area (Å²) in [7, 11) is 0. The molecule has 4 atom stereocenters. The zero-order valence-electron chi connectivity index (χ0n) is 16.6. The number of fused-ring (bicyclic) bond motifs is 2. The molecule has 0 amide bonds. The number of piperidine rings is 2. The van der Waals surface area contributed by atoms with E-state index in [1.807, 2.05) is 6.07 Å². The quantitative estimate of drug-likeness (QED) is 0.694. The first kappa shape index (κ1) is 18.9. The van der Waals surface area contributed by atoms with Gasteiger partial charge in [-0.05, 0) is 49.0 Å². The summed E-state index contributed by atoms with van der Waals surface area (Å²) in [6.07, 6.45) is 9.97. The van der Waals surface area contributed by atoms with Crippen LogP contribution < -0.4 is 5.32 Å². The molecule has 0 spiro atoms. The molecule has 2 aliphatic heterocycles. The van der Waals surface area contributed by atoms with E-state index >= 15 is 0 Å². The summed E-state index contributed by atoms with van der Waals surface area (Å²) in [6, 6.07) is 5.45. The highest BCUT2D eigenvalue weighted by atomic mass is 19.1. The van der Waals surface area contributed by atoms with Gasteiger partial charge in [-0.3, -0.25) is 0 Å². The van der Waals surface area contributed by atoms with Gasteiger partial charge in [0.25, 0.3) is 0 Å². The Morgan fingerprint density at radius 2 is 2.17 bits per heavy atom. The van der Waals surface area contributed by atoms with Gasteiger partial charge in [-0.1, -0.05) is 6.92 Å². The topological polar surface area (TPSA) is 88.8 Å². The summed E-state index contributed by atoms with van der Waals surface area (Å²) < 4.78 is 16.7. The number of rotatable bonds is 3. The van der Waals surface area contributed by atoms with Crippen LogP contribution in [0.1, 0.15) is 32.0 Å². The molecule has 5 rings (SSSR count). The number of nitrogens with zero attached hydrogens (tertiary/aromatic N) is 5. The Hall–Kier alpha value is -3.13. The van der Waals surface area contributed by atoms with Gasteiger partial charge in [-0.15, -0.1) is 10.2 Å². The number of halogens is 1. The first-order valence-corrected chi connectivity index (χ1v) is 10.2. The Morgan fingerprint density at radius 3 is 2.90 bits per heavy atom. The van der Waals surface area contributed by atoms with Crippen molar-refractivity contribution >= 4 is 6.08 Å². The number of nitrogens with one attached hydrogen (secondary N) is 1. The van der Waals surface area contributed by atoms with Crippen molar-refractivity contribution in [1.29, 1.82) is 0 Å². The highest BCUT2D eigenvalue weighted by molar-refractivity contribution is 5.68. The summed E-state index contributed by atoms with van der Waals surface area (Å²) in [4.78, 5) is 8.35. The monoisotopic (exact) mass is 406 g/mol. The maximum atomic E-state index is 14.9. The molecule has 4 heterocycles. The summed E-state index contributed by atoms with van der Waals surface area (Å²) in [6.45, 7) is 2.19. The molecule has 2 bridgehead atoms. The van der Waals surface area contributed by atoms with Gasteiger partial charge in [-0.25, -0.2) is 14.4 Å². The average molecular weight is 406 g/mol. The highest BCUT2D eigenvalue weighted by Gasteiger charge is 2.38. The Balaban J connectivity index is 1.37. The largest absolute Gasteiger partial charge is 0.507 e. The number of alkyl halides is 1. The molecule has 2 saturated heterocycles. The zero-order chi connectivity index (χ0) is 20.7. The highest BCUT2D eigenvalue weighted by Crippen LogP contribution is 2.35. The Morgan fingerprint density at radius 1 is 1.27 bits per heavy atom. The van der Waals surface area contributed by atoms with E-state index in [0.29, 0.717) is 35.5 Å². The number of benzene rings is 1. The van der Waals surface area contributed by atoms with Gasteiger partial charge in [0, 0.05) is 36.1 Å². The second-order valence-corrected chi connectivity index (χ2v) is 8.24. The molecule has 2 unspecified atom stereocenters. The van der Waals surface area contributed by atoms with Crippen LogP contribution in [0.4, 0.5) is 4.39 Å². The summed E-state index contributed by atoms with van der Waals surface area (Å²) in [5.74, 6) is 1.01. The van der Waals surface area contributed by atoms with Gasteiger partial charge in [-0.2, -0.15) is 0 Å². The Bertz CT molecular complexity index is 1060. The van der Waals surface area contributed by atoms with E-state index in [1.165, 1.54) is 0 Å². The predicted molar refractivity (Wildman–Crippen MR) is 111 cm³/mol. The number of aromatic hydroxyl groups is 1. The third-order valence-corrected chi connectivity index (χ3v) is 5.94. The van der Waals surface area contributed by atoms with E-state index in [-0.39, 0.29) is 11.8 Å². The normalized spacial score (nSPS) is 27.3. The van der Waals surface area contributed by atoms with Crippen molar-refractivity contribution in [2.45, 2.75) is 44.4 Å². The second kappa shape index (κ2) is 7.60. The van der Waals surface area contributed by atoms with E-state index in [1.54, 1.807) is 47.7 Å². The van der Waals surface area contributed by atoms with Crippen molar-refractivity contribution in [2.75, 3.05) is 0 Å². The van der Waals surface area contributed by atoms with Crippen molar-refractivity contribution in [1.82, 2.24) is 30.0 Å². The van der Waals surface area contributed by atoms with Crippen LogP contribution in [0.15, 0.2) is 48.7 Å². The molecule has 2 N–H and O–H groups in total. The molecule has 30 heavy (non-hydrogen) atoms. The second-order valence-electron chi connectivity index (χ2n) is 8.24. The minimum Gasteiger partial charge on any atom is -0.507 e. The maximum Gasteiger partial charge on any atom is 0.174 e. The first-order valence-electron chi connectivity index (χ1n) is 10.2. The Labute approximate surface area is 173 Å². The van der Waals surface area contributed by atoms with Crippen molar-refractivity contribution in [3.05, 3.63) is 54.5 Å². The van der Waals surface area contributed by atoms with Gasteiger partial charge in [0.2, 0.25) is 0 Å². The predicted octanol–water partition coefficient (Wildman–Crippen LogP) is 3.31. The van der Waals surface area contributed by atoms with E-state index in [9.17, 15) is 9.50 Å². The van der Waals surface area contributed by atoms with E-state index in [4.69, 9.17) is 0 Å². The van der Waals surface area contributed by atoms with Crippen molar-refractivity contribution < 1.29 is 9.50 Å². The number of hydrogen-bond acceptors (Lipinski definition) is 6. The SMILES string of the molecule is C[C@@H]1CC2C/C(=C/c3ncc(-c4ccc(-n5ccnc5)cc4O)nn3)[C@@H](F)C(C1)N2. The average Bonchev–Trinajstić information content (AvgIpc) is 3.27. The van der Waals surface area contributed by atoms with Crippen molar-refractivity contribution in [3.63, 3.8) is 0 Å². The van der Waals surface area contributed by atoms with E-state index < -0.39 is 6.17 Å². The van der Waals surface area contributed by atoms with Gasteiger partial charge in [0.05, 0.1) is 18.2 Å². The number of phenols is 1. The fourth-order valence-corrected chi connectivity index (χ4v) is 4.54. The molecule has 3 aromatic rings. The fourth-order valence-electron chi connectivity index (χ4n) is 4.54. The van der Waals surface area contributed by atoms with Crippen LogP contribution in [0.5, 0.6) is 5.75 Å². The smallest absolute Gasteiger partial charge is 0.174 e. The van der Waals surface area contributed by atoms with Crippen molar-refractivity contribution in [2.24, 2.45) is 5.92 Å². The van der Waals surface area contributed by atoms with Crippen molar-refractivity contribution in [3.8, 4) is 22.7 Å². The van der Waals surface area contributed by atoms with Gasteiger partial charge in [0.1, 0.15) is 17.6 Å². The third kappa shape index (κ3) is 3.59. The molecule has 0 radical (unpaired) electrons. The maximum absolute atomic E-state index is 14.9. The van der Waals surface area contributed by atoms with Crippen LogP contribution in [0.3, 0.4) is 0 Å². The third-order valence-electron chi connectivity index (χ3n) is 5.94. The molecular weight excluding hydrogens is 383 g/mol. The standard InChI is InChI=1S/C22H23FN6O/c1-13-6-15-8-14(22(23)18(7-13)26-15)9-21-25-11-19(27-28-21)17-3-2-16(10-20(17)30)29-5-4-24-12-29/h2-5,9-13,15,18,22,26,30H,6-8H2,1H3/b14-9-/t13-,15?,18?,22-/m1/s1. The molecule has 8 heteroatoms. The molecule has 2 aliphatic rings. The fraction of sp³-hybridized carbons (Fsp3) is 0.364. The molecular formula is C22H23FN6O. The van der Waals surface area contributed by atoms with E-state index in [0.717, 1.165) is 24.1 Å². The Kier molecular flexibility index (Phi) is 4.78. The first-order chi connectivity index (χ1) is 14.6. The van der Waals surface area contributed by atoms with Crippen LogP contribution in [-0.2, 0) is 0 Å². The van der Waals surface area contributed by atoms with Crippen LogP contribution in [0.25, 0.3) is 23.0 Å². The molecule has 0 saturated carbocycles. The molecule has 2 fully saturated rings. The summed E-state index contributed by atoms with van der Waals surface area (Å²) in [5.41, 5.74) is 2.51. The number of aromatic nitrogens is 5. The summed E-state index contributed by atoms with van der Waals surface area (Å²) in [5, 5.41) is 22.2. The lowest BCUT2D eigenvalue weighted by Crippen LogP contribution is -2.54. The molecule has 0 aliphatic carbocycles. The lowest BCUT2D eigenvalue weighted by Gasteiger charge is -2.42. The molecule has 2 aromatic heterocycles.